The summed E-state index contributed by atoms with van der Waals surface area (Å²) in [6.07, 6.45) is 1.36. The van der Waals surface area contributed by atoms with Crippen LogP contribution in [0.25, 0.3) is 0 Å². The molecule has 0 aliphatic rings. The number of benzene rings is 1. The number of hydrogen-bond donors (Lipinski definition) is 1. The van der Waals surface area contributed by atoms with Gasteiger partial charge in [-0.1, -0.05) is 23.8 Å². The first kappa shape index (κ1) is 14.7. The van der Waals surface area contributed by atoms with Gasteiger partial charge in [0.15, 0.2) is 0 Å². The van der Waals surface area contributed by atoms with Crippen molar-refractivity contribution < 1.29 is 4.79 Å². The van der Waals surface area contributed by atoms with Crippen molar-refractivity contribution in [2.45, 2.75) is 33.6 Å². The van der Waals surface area contributed by atoms with Crippen LogP contribution in [-0.2, 0) is 11.2 Å². The third-order valence-electron chi connectivity index (χ3n) is 3.21. The standard InChI is InChI=1S/C15H24N2O/c1-4-17(9-5-8-16)15(18)11-14-10-12(2)6-7-13(14)3/h6-7,10H,4-5,8-9,11,16H2,1-3H3. The Morgan fingerprint density at radius 1 is 1.33 bits per heavy atom. The molecule has 0 saturated carbocycles. The van der Waals surface area contributed by atoms with E-state index >= 15 is 0 Å². The average molecular weight is 248 g/mol. The molecule has 1 amide bonds. The number of carbonyl (C=O) groups excluding carboxylic acids is 1. The maximum absolute atomic E-state index is 12.2. The quantitative estimate of drug-likeness (QED) is 0.837. The summed E-state index contributed by atoms with van der Waals surface area (Å²) in [6, 6.07) is 6.26. The summed E-state index contributed by atoms with van der Waals surface area (Å²) >= 11 is 0. The minimum absolute atomic E-state index is 0.194. The van der Waals surface area contributed by atoms with Crippen molar-refractivity contribution in [1.82, 2.24) is 4.90 Å². The Balaban J connectivity index is 2.70. The van der Waals surface area contributed by atoms with Crippen LogP contribution >= 0.6 is 0 Å². The number of amides is 1. The van der Waals surface area contributed by atoms with E-state index in [0.717, 1.165) is 25.1 Å². The molecule has 0 bridgehead atoms. The van der Waals surface area contributed by atoms with E-state index in [4.69, 9.17) is 5.73 Å². The maximum Gasteiger partial charge on any atom is 0.226 e. The van der Waals surface area contributed by atoms with Crippen molar-refractivity contribution in [3.8, 4) is 0 Å². The van der Waals surface area contributed by atoms with Crippen LogP contribution < -0.4 is 5.73 Å². The summed E-state index contributed by atoms with van der Waals surface area (Å²) in [5.74, 6) is 0.194. The van der Waals surface area contributed by atoms with Gasteiger partial charge in [-0.25, -0.2) is 0 Å². The molecular formula is C15H24N2O. The predicted molar refractivity (Wildman–Crippen MR) is 75.5 cm³/mol. The van der Waals surface area contributed by atoms with Gasteiger partial charge in [-0.05, 0) is 44.9 Å². The zero-order chi connectivity index (χ0) is 13.5. The smallest absolute Gasteiger partial charge is 0.226 e. The molecule has 0 unspecified atom stereocenters. The van der Waals surface area contributed by atoms with Gasteiger partial charge in [-0.3, -0.25) is 4.79 Å². The number of likely N-dealkylation sites (N-methyl/N-ethyl adjacent to an activating group) is 1. The molecular weight excluding hydrogens is 224 g/mol. The summed E-state index contributed by atoms with van der Waals surface area (Å²) in [6.45, 7) is 8.27. The second-order valence-corrected chi connectivity index (χ2v) is 4.72. The molecule has 0 radical (unpaired) electrons. The van der Waals surface area contributed by atoms with E-state index in [0.29, 0.717) is 13.0 Å². The van der Waals surface area contributed by atoms with E-state index in [1.807, 2.05) is 11.8 Å². The fourth-order valence-corrected chi connectivity index (χ4v) is 2.01. The highest BCUT2D eigenvalue weighted by molar-refractivity contribution is 5.79. The maximum atomic E-state index is 12.2. The molecule has 0 heterocycles. The zero-order valence-electron chi connectivity index (χ0n) is 11.7. The highest BCUT2D eigenvalue weighted by Gasteiger charge is 2.12. The van der Waals surface area contributed by atoms with Crippen LogP contribution in [0.3, 0.4) is 0 Å². The lowest BCUT2D eigenvalue weighted by atomic mass is 10.0. The summed E-state index contributed by atoms with van der Waals surface area (Å²) in [7, 11) is 0. The predicted octanol–water partition coefficient (Wildman–Crippen LogP) is 2.04. The second kappa shape index (κ2) is 7.17. The molecule has 1 aromatic rings. The van der Waals surface area contributed by atoms with Crippen molar-refractivity contribution in [1.29, 1.82) is 0 Å². The topological polar surface area (TPSA) is 46.3 Å². The molecule has 0 atom stereocenters. The van der Waals surface area contributed by atoms with E-state index in [2.05, 4.69) is 32.0 Å². The first-order valence-electron chi connectivity index (χ1n) is 6.62. The van der Waals surface area contributed by atoms with Gasteiger partial charge in [0, 0.05) is 13.1 Å². The second-order valence-electron chi connectivity index (χ2n) is 4.72. The monoisotopic (exact) mass is 248 g/mol. The molecule has 0 spiro atoms. The number of nitrogens with two attached hydrogens (primary N) is 1. The lowest BCUT2D eigenvalue weighted by molar-refractivity contribution is -0.130. The van der Waals surface area contributed by atoms with Crippen molar-refractivity contribution in [3.05, 3.63) is 34.9 Å². The zero-order valence-corrected chi connectivity index (χ0v) is 11.7. The van der Waals surface area contributed by atoms with Crippen molar-refractivity contribution in [2.75, 3.05) is 19.6 Å². The van der Waals surface area contributed by atoms with Gasteiger partial charge in [0.1, 0.15) is 0 Å². The lowest BCUT2D eigenvalue weighted by Gasteiger charge is -2.21. The van der Waals surface area contributed by atoms with Gasteiger partial charge in [0.2, 0.25) is 5.91 Å². The normalized spacial score (nSPS) is 10.4. The molecule has 2 N–H and O–H groups in total. The fraction of sp³-hybridized carbons (Fsp3) is 0.533. The Morgan fingerprint density at radius 3 is 2.67 bits per heavy atom. The third kappa shape index (κ3) is 4.15. The van der Waals surface area contributed by atoms with Crippen LogP contribution in [-0.4, -0.2) is 30.4 Å². The molecule has 0 aliphatic carbocycles. The minimum Gasteiger partial charge on any atom is -0.343 e. The van der Waals surface area contributed by atoms with Gasteiger partial charge in [0.05, 0.1) is 6.42 Å². The van der Waals surface area contributed by atoms with E-state index in [1.54, 1.807) is 0 Å². The van der Waals surface area contributed by atoms with E-state index < -0.39 is 0 Å². The van der Waals surface area contributed by atoms with Crippen molar-refractivity contribution in [2.24, 2.45) is 5.73 Å². The van der Waals surface area contributed by atoms with Gasteiger partial charge < -0.3 is 10.6 Å². The highest BCUT2D eigenvalue weighted by atomic mass is 16.2. The van der Waals surface area contributed by atoms with Gasteiger partial charge in [-0.15, -0.1) is 0 Å². The minimum atomic E-state index is 0.194. The van der Waals surface area contributed by atoms with E-state index in [1.165, 1.54) is 11.1 Å². The molecule has 3 nitrogen and oxygen atoms in total. The summed E-state index contributed by atoms with van der Waals surface area (Å²) in [4.78, 5) is 14.1. The van der Waals surface area contributed by atoms with Crippen LogP contribution in [0, 0.1) is 13.8 Å². The summed E-state index contributed by atoms with van der Waals surface area (Å²) < 4.78 is 0. The largest absolute Gasteiger partial charge is 0.343 e. The van der Waals surface area contributed by atoms with Crippen molar-refractivity contribution in [3.63, 3.8) is 0 Å². The number of rotatable bonds is 6. The summed E-state index contributed by atoms with van der Waals surface area (Å²) in [5, 5.41) is 0. The first-order valence-corrected chi connectivity index (χ1v) is 6.62. The van der Waals surface area contributed by atoms with E-state index in [9.17, 15) is 4.79 Å². The molecule has 0 aliphatic heterocycles. The molecule has 0 saturated heterocycles. The van der Waals surface area contributed by atoms with Crippen LogP contribution in [0.2, 0.25) is 0 Å². The number of hydrogen-bond acceptors (Lipinski definition) is 2. The lowest BCUT2D eigenvalue weighted by Crippen LogP contribution is -2.34. The molecule has 0 aromatic heterocycles. The Morgan fingerprint density at radius 2 is 2.06 bits per heavy atom. The molecule has 3 heteroatoms. The molecule has 1 rings (SSSR count). The SMILES string of the molecule is CCN(CCCN)C(=O)Cc1cc(C)ccc1C. The van der Waals surface area contributed by atoms with Crippen LogP contribution in [0.15, 0.2) is 18.2 Å². The summed E-state index contributed by atoms with van der Waals surface area (Å²) in [5.41, 5.74) is 9.01. The highest BCUT2D eigenvalue weighted by Crippen LogP contribution is 2.12. The first-order chi connectivity index (χ1) is 8.58. The fourth-order valence-electron chi connectivity index (χ4n) is 2.01. The molecule has 18 heavy (non-hydrogen) atoms. The number of aryl methyl sites for hydroxylation is 2. The average Bonchev–Trinajstić information content (AvgIpc) is 2.35. The Bertz CT molecular complexity index is 401. The van der Waals surface area contributed by atoms with Gasteiger partial charge >= 0.3 is 0 Å². The van der Waals surface area contributed by atoms with Crippen LogP contribution in [0.4, 0.5) is 0 Å². The Hall–Kier alpha value is -1.35. The molecule has 1 aromatic carbocycles. The van der Waals surface area contributed by atoms with E-state index in [-0.39, 0.29) is 5.91 Å². The van der Waals surface area contributed by atoms with Gasteiger partial charge in [-0.2, -0.15) is 0 Å². The number of carbonyl (C=O) groups is 1. The van der Waals surface area contributed by atoms with Crippen LogP contribution in [0.5, 0.6) is 0 Å². The third-order valence-corrected chi connectivity index (χ3v) is 3.21. The van der Waals surface area contributed by atoms with Gasteiger partial charge in [0.25, 0.3) is 0 Å². The Labute approximate surface area is 110 Å². The Kier molecular flexibility index (Phi) is 5.86. The van der Waals surface area contributed by atoms with Crippen molar-refractivity contribution >= 4 is 5.91 Å². The number of nitrogens with zero attached hydrogens (tertiary/aromatic N) is 1. The molecule has 100 valence electrons. The van der Waals surface area contributed by atoms with Crippen LogP contribution in [0.1, 0.15) is 30.0 Å². The molecule has 0 fully saturated rings.